The van der Waals surface area contributed by atoms with E-state index in [0.717, 1.165) is 42.9 Å². The van der Waals surface area contributed by atoms with E-state index in [2.05, 4.69) is 18.6 Å². The average molecular weight is 491 g/mol. The SMILES string of the molecule is C=C(Cn1cc(S(C)(=O)=O)cn1)[C@H]1CC[C@H]2[C@@H]3CC[C@H]4C[C@@](O)(COC)CC[C@@H]4[C@H]3CC[C@]12C. The molecule has 7 heteroatoms. The molecule has 1 heterocycles. The lowest BCUT2D eigenvalue weighted by molar-refractivity contribution is -0.123. The molecule has 1 N–H and O–H groups in total. The fraction of sp³-hybridized carbons (Fsp3) is 0.815. The highest BCUT2D eigenvalue weighted by Gasteiger charge is 2.58. The lowest BCUT2D eigenvalue weighted by atomic mass is 9.48. The number of hydrogen-bond acceptors (Lipinski definition) is 5. The van der Waals surface area contributed by atoms with Crippen LogP contribution in [0, 0.1) is 40.9 Å². The first kappa shape index (κ1) is 24.5. The standard InChI is InChI=1S/C27H42N2O4S/c1-18(15-29-16-20(14-28-29)34(4,31)32)24-7-8-25-23-6-5-19-13-27(30,17-33-3)12-10-21(19)22(23)9-11-26(24,25)2/h14,16,19,21-25,30H,1,5-13,15,17H2,2-4H3/t19-,21-,22+,23+,24+,25-,26+,27+/m0/s1. The number of aliphatic hydroxyl groups is 1. The Balaban J connectivity index is 1.27. The molecule has 1 aromatic rings. The summed E-state index contributed by atoms with van der Waals surface area (Å²) in [5, 5.41) is 15.3. The van der Waals surface area contributed by atoms with Gasteiger partial charge in [-0.05, 0) is 98.7 Å². The molecular formula is C27H42N2O4S. The number of aromatic nitrogens is 2. The van der Waals surface area contributed by atoms with Gasteiger partial charge in [0, 0.05) is 19.6 Å². The zero-order valence-corrected chi connectivity index (χ0v) is 21.9. The van der Waals surface area contributed by atoms with Crippen LogP contribution in [0.3, 0.4) is 0 Å². The minimum atomic E-state index is -3.24. The van der Waals surface area contributed by atoms with Gasteiger partial charge >= 0.3 is 0 Å². The number of methoxy groups -OCH3 is 1. The van der Waals surface area contributed by atoms with E-state index in [4.69, 9.17) is 4.74 Å². The molecule has 0 unspecified atom stereocenters. The zero-order chi connectivity index (χ0) is 24.3. The van der Waals surface area contributed by atoms with Gasteiger partial charge in [0.25, 0.3) is 0 Å². The number of hydrogen-bond donors (Lipinski definition) is 1. The first-order chi connectivity index (χ1) is 16.0. The fourth-order valence-corrected chi connectivity index (χ4v) is 9.53. The van der Waals surface area contributed by atoms with Crippen molar-refractivity contribution in [1.29, 1.82) is 0 Å². The van der Waals surface area contributed by atoms with Gasteiger partial charge in [0.05, 0.1) is 24.9 Å². The maximum absolute atomic E-state index is 11.8. The van der Waals surface area contributed by atoms with Gasteiger partial charge in [-0.25, -0.2) is 8.42 Å². The Kier molecular flexibility index (Phi) is 6.30. The van der Waals surface area contributed by atoms with Crippen molar-refractivity contribution in [2.24, 2.45) is 40.9 Å². The predicted molar refractivity (Wildman–Crippen MR) is 132 cm³/mol. The van der Waals surface area contributed by atoms with Crippen LogP contribution in [0.2, 0.25) is 0 Å². The molecule has 0 saturated heterocycles. The Morgan fingerprint density at radius 3 is 2.65 bits per heavy atom. The molecular weight excluding hydrogens is 448 g/mol. The van der Waals surface area contributed by atoms with Crippen LogP contribution in [0.1, 0.15) is 64.7 Å². The topological polar surface area (TPSA) is 81.4 Å². The molecule has 1 aromatic heterocycles. The van der Waals surface area contributed by atoms with Crippen LogP contribution < -0.4 is 0 Å². The highest BCUT2D eigenvalue weighted by molar-refractivity contribution is 7.90. The third kappa shape index (κ3) is 4.20. The Labute approximate surface area is 205 Å². The second-order valence-electron chi connectivity index (χ2n) is 12.3. The number of sulfone groups is 1. The van der Waals surface area contributed by atoms with Gasteiger partial charge in [-0.15, -0.1) is 0 Å². The number of nitrogens with zero attached hydrogens (tertiary/aromatic N) is 2. The maximum atomic E-state index is 11.8. The van der Waals surface area contributed by atoms with Crippen LogP contribution in [0.4, 0.5) is 0 Å². The average Bonchev–Trinajstić information content (AvgIpc) is 3.37. The molecule has 0 spiro atoms. The van der Waals surface area contributed by atoms with E-state index in [1.54, 1.807) is 18.0 Å². The summed E-state index contributed by atoms with van der Waals surface area (Å²) in [5.74, 6) is 4.24. The summed E-state index contributed by atoms with van der Waals surface area (Å²) < 4.78 is 30.8. The first-order valence-corrected chi connectivity index (χ1v) is 15.0. The van der Waals surface area contributed by atoms with Gasteiger partial charge in [0.1, 0.15) is 4.90 Å². The van der Waals surface area contributed by atoms with Crippen molar-refractivity contribution in [3.05, 3.63) is 24.5 Å². The largest absolute Gasteiger partial charge is 0.387 e. The van der Waals surface area contributed by atoms with Crippen molar-refractivity contribution in [2.75, 3.05) is 20.0 Å². The Morgan fingerprint density at radius 1 is 1.18 bits per heavy atom. The second-order valence-corrected chi connectivity index (χ2v) is 14.3. The van der Waals surface area contributed by atoms with Gasteiger partial charge in [-0.2, -0.15) is 5.10 Å². The molecule has 0 radical (unpaired) electrons. The molecule has 0 bridgehead atoms. The highest BCUT2D eigenvalue weighted by atomic mass is 32.2. The van der Waals surface area contributed by atoms with Crippen molar-refractivity contribution in [3.8, 4) is 0 Å². The summed E-state index contributed by atoms with van der Waals surface area (Å²) in [5.41, 5.74) is 0.859. The molecule has 0 amide bonds. The van der Waals surface area contributed by atoms with E-state index < -0.39 is 15.4 Å². The quantitative estimate of drug-likeness (QED) is 0.594. The second kappa shape index (κ2) is 8.74. The van der Waals surface area contributed by atoms with Gasteiger partial charge in [0.15, 0.2) is 9.84 Å². The van der Waals surface area contributed by atoms with E-state index in [0.29, 0.717) is 25.0 Å². The van der Waals surface area contributed by atoms with Gasteiger partial charge in [0.2, 0.25) is 0 Å². The third-order valence-electron chi connectivity index (χ3n) is 10.4. The molecule has 4 saturated carbocycles. The Hall–Kier alpha value is -1.18. The Bertz CT molecular complexity index is 1040. The molecule has 4 aliphatic carbocycles. The van der Waals surface area contributed by atoms with Crippen molar-refractivity contribution in [3.63, 3.8) is 0 Å². The summed E-state index contributed by atoms with van der Waals surface area (Å²) >= 11 is 0. The number of allylic oxidation sites excluding steroid dienone is 1. The Morgan fingerprint density at radius 2 is 1.94 bits per heavy atom. The summed E-state index contributed by atoms with van der Waals surface area (Å²) in [4.78, 5) is 0.276. The smallest absolute Gasteiger partial charge is 0.178 e. The summed E-state index contributed by atoms with van der Waals surface area (Å²) in [6.07, 6.45) is 14.8. The van der Waals surface area contributed by atoms with Gasteiger partial charge in [-0.1, -0.05) is 19.1 Å². The summed E-state index contributed by atoms with van der Waals surface area (Å²) in [6, 6.07) is 0. The molecule has 34 heavy (non-hydrogen) atoms. The van der Waals surface area contributed by atoms with E-state index in [9.17, 15) is 13.5 Å². The van der Waals surface area contributed by atoms with E-state index >= 15 is 0 Å². The monoisotopic (exact) mass is 490 g/mol. The minimum Gasteiger partial charge on any atom is -0.387 e. The van der Waals surface area contributed by atoms with Crippen LogP contribution in [0.25, 0.3) is 0 Å². The van der Waals surface area contributed by atoms with Crippen molar-refractivity contribution < 1.29 is 18.3 Å². The fourth-order valence-electron chi connectivity index (χ4n) is 8.97. The van der Waals surface area contributed by atoms with Crippen LogP contribution in [0.15, 0.2) is 29.4 Å². The molecule has 4 fully saturated rings. The van der Waals surface area contributed by atoms with Gasteiger partial charge < -0.3 is 9.84 Å². The minimum absolute atomic E-state index is 0.276. The summed E-state index contributed by atoms with van der Waals surface area (Å²) in [7, 11) is -1.54. The molecule has 4 aliphatic rings. The number of ether oxygens (including phenoxy) is 1. The van der Waals surface area contributed by atoms with Crippen molar-refractivity contribution in [1.82, 2.24) is 9.78 Å². The predicted octanol–water partition coefficient (Wildman–Crippen LogP) is 4.49. The molecule has 6 nitrogen and oxygen atoms in total. The van der Waals surface area contributed by atoms with Crippen LogP contribution in [-0.4, -0.2) is 48.9 Å². The van der Waals surface area contributed by atoms with Crippen LogP contribution >= 0.6 is 0 Å². The van der Waals surface area contributed by atoms with Crippen molar-refractivity contribution >= 4 is 9.84 Å². The van der Waals surface area contributed by atoms with Crippen LogP contribution in [0.5, 0.6) is 0 Å². The summed E-state index contributed by atoms with van der Waals surface area (Å²) in [6.45, 7) is 8.06. The van der Waals surface area contributed by atoms with Crippen molar-refractivity contribution in [2.45, 2.75) is 81.8 Å². The number of rotatable bonds is 6. The lowest BCUT2D eigenvalue weighted by Gasteiger charge is -2.57. The number of fused-ring (bicyclic) bond motifs is 5. The zero-order valence-electron chi connectivity index (χ0n) is 21.1. The first-order valence-electron chi connectivity index (χ1n) is 13.2. The normalized spacial score (nSPS) is 42.0. The molecule has 190 valence electrons. The van der Waals surface area contributed by atoms with E-state index in [1.807, 2.05) is 0 Å². The van der Waals surface area contributed by atoms with Gasteiger partial charge in [-0.3, -0.25) is 4.68 Å². The molecule has 5 rings (SSSR count). The molecule has 0 aliphatic heterocycles. The molecule has 0 aromatic carbocycles. The highest BCUT2D eigenvalue weighted by Crippen LogP contribution is 2.65. The van der Waals surface area contributed by atoms with E-state index in [1.165, 1.54) is 56.6 Å². The lowest BCUT2D eigenvalue weighted by Crippen LogP contribution is -2.52. The maximum Gasteiger partial charge on any atom is 0.178 e. The van der Waals surface area contributed by atoms with E-state index in [-0.39, 0.29) is 10.3 Å². The third-order valence-corrected chi connectivity index (χ3v) is 11.5. The molecule has 8 atom stereocenters. The van der Waals surface area contributed by atoms with Crippen LogP contribution in [-0.2, 0) is 21.1 Å².